The molecule has 0 unspecified atom stereocenters. The summed E-state index contributed by atoms with van der Waals surface area (Å²) in [6.07, 6.45) is 0. The second kappa shape index (κ2) is 7.79. The molecule has 0 radical (unpaired) electrons. The molecule has 5 heteroatoms. The molecule has 128 valence electrons. The molecule has 1 fully saturated rings. The van der Waals surface area contributed by atoms with Crippen LogP contribution in [0.2, 0.25) is 0 Å². The van der Waals surface area contributed by atoms with E-state index in [1.54, 1.807) is 12.0 Å². The number of carbonyl (C=O) groups is 1. The van der Waals surface area contributed by atoms with Crippen LogP contribution in [0.1, 0.15) is 18.1 Å². The molecule has 1 heterocycles. The molecule has 1 aromatic rings. The first kappa shape index (κ1) is 17.8. The van der Waals surface area contributed by atoms with Crippen molar-refractivity contribution in [3.8, 4) is 5.75 Å². The van der Waals surface area contributed by atoms with Gasteiger partial charge >= 0.3 is 0 Å². The first-order valence-electron chi connectivity index (χ1n) is 8.23. The van der Waals surface area contributed by atoms with Crippen LogP contribution in [-0.2, 0) is 11.3 Å². The minimum Gasteiger partial charge on any atom is -0.496 e. The van der Waals surface area contributed by atoms with Gasteiger partial charge in [0.25, 0.3) is 0 Å². The average molecular weight is 319 g/mol. The zero-order valence-corrected chi connectivity index (χ0v) is 15.0. The third kappa shape index (κ3) is 4.45. The number of piperazine rings is 1. The summed E-state index contributed by atoms with van der Waals surface area (Å²) in [7, 11) is 5.36. The van der Waals surface area contributed by atoms with Crippen molar-refractivity contribution in [1.29, 1.82) is 0 Å². The summed E-state index contributed by atoms with van der Waals surface area (Å²) in [6, 6.07) is 6.28. The zero-order chi connectivity index (χ0) is 17.0. The highest BCUT2D eigenvalue weighted by Gasteiger charge is 2.26. The van der Waals surface area contributed by atoms with Crippen LogP contribution in [0.25, 0.3) is 0 Å². The minimum atomic E-state index is -0.0411. The normalized spacial score (nSPS) is 17.8. The lowest BCUT2D eigenvalue weighted by atomic mass is 10.1. The fraction of sp³-hybridized carbons (Fsp3) is 0.611. The summed E-state index contributed by atoms with van der Waals surface area (Å²) in [5.74, 6) is 1.13. The summed E-state index contributed by atoms with van der Waals surface area (Å²) in [6.45, 7) is 8.81. The Morgan fingerprint density at radius 1 is 1.26 bits per heavy atom. The number of benzene rings is 1. The van der Waals surface area contributed by atoms with Crippen molar-refractivity contribution in [3.63, 3.8) is 0 Å². The summed E-state index contributed by atoms with van der Waals surface area (Å²) in [5, 5.41) is 0. The lowest BCUT2D eigenvalue weighted by molar-refractivity contribution is -0.134. The van der Waals surface area contributed by atoms with Crippen LogP contribution in [0.5, 0.6) is 5.75 Å². The maximum Gasteiger partial charge on any atom is 0.239 e. The van der Waals surface area contributed by atoms with Gasteiger partial charge in [0, 0.05) is 52.4 Å². The minimum absolute atomic E-state index is 0.0411. The van der Waals surface area contributed by atoms with E-state index in [2.05, 4.69) is 28.9 Å². The van der Waals surface area contributed by atoms with Crippen LogP contribution in [0.15, 0.2) is 18.2 Å². The molecule has 0 N–H and O–H groups in total. The van der Waals surface area contributed by atoms with Crippen LogP contribution in [-0.4, -0.2) is 74.0 Å². The summed E-state index contributed by atoms with van der Waals surface area (Å²) < 4.78 is 5.47. The Labute approximate surface area is 139 Å². The summed E-state index contributed by atoms with van der Waals surface area (Å²) in [5.41, 5.74) is 2.49. The van der Waals surface area contributed by atoms with Gasteiger partial charge in [-0.25, -0.2) is 0 Å². The highest BCUT2D eigenvalue weighted by Crippen LogP contribution is 2.22. The van der Waals surface area contributed by atoms with Gasteiger partial charge in [0.2, 0.25) is 5.91 Å². The topological polar surface area (TPSA) is 36.0 Å². The quantitative estimate of drug-likeness (QED) is 0.826. The van der Waals surface area contributed by atoms with Crippen molar-refractivity contribution in [2.24, 2.45) is 0 Å². The number of nitrogens with zero attached hydrogens (tertiary/aromatic N) is 3. The largest absolute Gasteiger partial charge is 0.496 e. The standard InChI is InChI=1S/C18H29N3O2/c1-14-6-7-17(23-5)16(12-14)13-20-8-10-21(11-9-20)15(2)18(22)19(3)4/h6-7,12,15H,8-11,13H2,1-5H3/t15-/m0/s1. The first-order valence-corrected chi connectivity index (χ1v) is 8.23. The van der Waals surface area contributed by atoms with Crippen molar-refractivity contribution >= 4 is 5.91 Å². The Hall–Kier alpha value is -1.59. The molecule has 1 aliphatic rings. The molecule has 2 rings (SSSR count). The van der Waals surface area contributed by atoms with E-state index in [4.69, 9.17) is 4.74 Å². The van der Waals surface area contributed by atoms with Crippen molar-refractivity contribution in [2.45, 2.75) is 26.4 Å². The average Bonchev–Trinajstić information content (AvgIpc) is 2.54. The number of methoxy groups -OCH3 is 1. The Morgan fingerprint density at radius 2 is 1.91 bits per heavy atom. The van der Waals surface area contributed by atoms with Gasteiger partial charge in [0.1, 0.15) is 5.75 Å². The Bertz CT molecular complexity index is 537. The predicted octanol–water partition coefficient (Wildman–Crippen LogP) is 1.60. The van der Waals surface area contributed by atoms with Gasteiger partial charge in [0.15, 0.2) is 0 Å². The van der Waals surface area contributed by atoms with Crippen molar-refractivity contribution in [2.75, 3.05) is 47.4 Å². The molecule has 1 atom stereocenters. The second-order valence-corrected chi connectivity index (χ2v) is 6.54. The van der Waals surface area contributed by atoms with Crippen LogP contribution in [0, 0.1) is 6.92 Å². The van der Waals surface area contributed by atoms with E-state index >= 15 is 0 Å². The first-order chi connectivity index (χ1) is 10.9. The lowest BCUT2D eigenvalue weighted by Crippen LogP contribution is -2.53. The van der Waals surface area contributed by atoms with E-state index in [1.165, 1.54) is 11.1 Å². The highest BCUT2D eigenvalue weighted by molar-refractivity contribution is 5.80. The van der Waals surface area contributed by atoms with Crippen molar-refractivity contribution in [3.05, 3.63) is 29.3 Å². The maximum atomic E-state index is 12.1. The molecule has 1 saturated heterocycles. The molecule has 0 saturated carbocycles. The SMILES string of the molecule is COc1ccc(C)cc1CN1CCN([C@@H](C)C(=O)N(C)C)CC1. The number of hydrogen-bond donors (Lipinski definition) is 0. The van der Waals surface area contributed by atoms with Crippen LogP contribution in [0.3, 0.4) is 0 Å². The molecule has 0 bridgehead atoms. The maximum absolute atomic E-state index is 12.1. The molecule has 23 heavy (non-hydrogen) atoms. The molecule has 5 nitrogen and oxygen atoms in total. The number of amides is 1. The number of carbonyl (C=O) groups excluding carboxylic acids is 1. The second-order valence-electron chi connectivity index (χ2n) is 6.54. The van der Waals surface area contributed by atoms with E-state index in [0.717, 1.165) is 38.5 Å². The van der Waals surface area contributed by atoms with E-state index in [1.807, 2.05) is 27.1 Å². The highest BCUT2D eigenvalue weighted by atomic mass is 16.5. The molecular weight excluding hydrogens is 290 g/mol. The number of likely N-dealkylation sites (N-methyl/N-ethyl adjacent to an activating group) is 1. The molecule has 1 aromatic carbocycles. The smallest absolute Gasteiger partial charge is 0.239 e. The number of ether oxygens (including phenoxy) is 1. The van der Waals surface area contributed by atoms with E-state index in [9.17, 15) is 4.79 Å². The van der Waals surface area contributed by atoms with Crippen LogP contribution in [0.4, 0.5) is 0 Å². The fourth-order valence-corrected chi connectivity index (χ4v) is 3.11. The van der Waals surface area contributed by atoms with E-state index in [0.29, 0.717) is 0 Å². The Kier molecular flexibility index (Phi) is 6.02. The van der Waals surface area contributed by atoms with Crippen molar-refractivity contribution < 1.29 is 9.53 Å². The molecule has 0 spiro atoms. The van der Waals surface area contributed by atoms with E-state index < -0.39 is 0 Å². The fourth-order valence-electron chi connectivity index (χ4n) is 3.11. The predicted molar refractivity (Wildman–Crippen MR) is 92.7 cm³/mol. The Balaban J connectivity index is 1.92. The lowest BCUT2D eigenvalue weighted by Gasteiger charge is -2.38. The van der Waals surface area contributed by atoms with Crippen LogP contribution < -0.4 is 4.74 Å². The molecule has 1 aliphatic heterocycles. The number of rotatable bonds is 5. The van der Waals surface area contributed by atoms with Gasteiger partial charge in [0.05, 0.1) is 13.2 Å². The van der Waals surface area contributed by atoms with E-state index in [-0.39, 0.29) is 11.9 Å². The number of hydrogen-bond acceptors (Lipinski definition) is 4. The van der Waals surface area contributed by atoms with Gasteiger partial charge in [-0.2, -0.15) is 0 Å². The van der Waals surface area contributed by atoms with Crippen LogP contribution >= 0.6 is 0 Å². The molecular formula is C18H29N3O2. The summed E-state index contributed by atoms with van der Waals surface area (Å²) in [4.78, 5) is 18.5. The van der Waals surface area contributed by atoms with Gasteiger partial charge in [-0.05, 0) is 19.9 Å². The van der Waals surface area contributed by atoms with Gasteiger partial charge in [-0.1, -0.05) is 17.7 Å². The monoisotopic (exact) mass is 319 g/mol. The van der Waals surface area contributed by atoms with Gasteiger partial charge < -0.3 is 9.64 Å². The third-order valence-electron chi connectivity index (χ3n) is 4.58. The summed E-state index contributed by atoms with van der Waals surface area (Å²) >= 11 is 0. The Morgan fingerprint density at radius 3 is 2.48 bits per heavy atom. The molecule has 0 aromatic heterocycles. The third-order valence-corrected chi connectivity index (χ3v) is 4.58. The molecule has 1 amide bonds. The van der Waals surface area contributed by atoms with Gasteiger partial charge in [-0.15, -0.1) is 0 Å². The van der Waals surface area contributed by atoms with Gasteiger partial charge in [-0.3, -0.25) is 14.6 Å². The number of aryl methyl sites for hydroxylation is 1. The molecule has 0 aliphatic carbocycles. The van der Waals surface area contributed by atoms with Crippen molar-refractivity contribution in [1.82, 2.24) is 14.7 Å². The zero-order valence-electron chi connectivity index (χ0n) is 15.0.